The third-order valence-corrected chi connectivity index (χ3v) is 6.84. The van der Waals surface area contributed by atoms with E-state index >= 15 is 0 Å². The van der Waals surface area contributed by atoms with Crippen LogP contribution < -0.4 is 19.1 Å². The molecular formula is C24H24N2O5S. The minimum absolute atomic E-state index is 0.149. The van der Waals surface area contributed by atoms with Crippen LogP contribution in [0.5, 0.6) is 11.5 Å². The van der Waals surface area contributed by atoms with Gasteiger partial charge in [0, 0.05) is 11.8 Å². The minimum atomic E-state index is -3.89. The number of carbonyl (C=O) groups excluding carboxylic acids is 1. The second-order valence-corrected chi connectivity index (χ2v) is 9.24. The van der Waals surface area contributed by atoms with Gasteiger partial charge in [-0.15, -0.1) is 0 Å². The molecule has 1 N–H and O–H groups in total. The highest BCUT2D eigenvalue weighted by Crippen LogP contribution is 2.37. The number of anilines is 2. The van der Waals surface area contributed by atoms with E-state index in [4.69, 9.17) is 9.47 Å². The highest BCUT2D eigenvalue weighted by Gasteiger charge is 2.37. The van der Waals surface area contributed by atoms with E-state index in [0.29, 0.717) is 29.5 Å². The molecule has 1 amide bonds. The lowest BCUT2D eigenvalue weighted by Crippen LogP contribution is -2.48. The molecule has 1 atom stereocenters. The summed E-state index contributed by atoms with van der Waals surface area (Å²) in [6.07, 6.45) is -1.03. The van der Waals surface area contributed by atoms with Gasteiger partial charge in [0.25, 0.3) is 15.9 Å². The monoisotopic (exact) mass is 452 g/mol. The molecule has 1 unspecified atom stereocenters. The SMILES string of the molecule is CCOc1cccc(NC(=O)C2CN(S(=O)(=O)c3ccc(C)cc3)c3ccccc3O2)c1. The summed E-state index contributed by atoms with van der Waals surface area (Å²) in [6, 6.07) is 20.4. The Balaban J connectivity index is 1.63. The quantitative estimate of drug-likeness (QED) is 0.611. The molecule has 0 radical (unpaired) electrons. The summed E-state index contributed by atoms with van der Waals surface area (Å²) < 4.78 is 39.4. The van der Waals surface area contributed by atoms with Crippen LogP contribution in [0.3, 0.4) is 0 Å². The fourth-order valence-corrected chi connectivity index (χ4v) is 4.93. The Bertz CT molecular complexity index is 1230. The molecule has 0 spiro atoms. The van der Waals surface area contributed by atoms with Crippen molar-refractivity contribution in [1.82, 2.24) is 0 Å². The zero-order valence-electron chi connectivity index (χ0n) is 17.8. The van der Waals surface area contributed by atoms with Crippen molar-refractivity contribution >= 4 is 27.3 Å². The number of carbonyl (C=O) groups is 1. The molecule has 0 aliphatic carbocycles. The van der Waals surface area contributed by atoms with Gasteiger partial charge >= 0.3 is 0 Å². The molecule has 8 heteroatoms. The van der Waals surface area contributed by atoms with Crippen LogP contribution in [0.2, 0.25) is 0 Å². The lowest BCUT2D eigenvalue weighted by molar-refractivity contribution is -0.122. The van der Waals surface area contributed by atoms with Crippen molar-refractivity contribution < 1.29 is 22.7 Å². The van der Waals surface area contributed by atoms with Gasteiger partial charge in [0.2, 0.25) is 0 Å². The molecule has 7 nitrogen and oxygen atoms in total. The zero-order valence-corrected chi connectivity index (χ0v) is 18.6. The summed E-state index contributed by atoms with van der Waals surface area (Å²) in [6.45, 7) is 4.12. The molecular weight excluding hydrogens is 428 g/mol. The average Bonchev–Trinajstić information content (AvgIpc) is 2.79. The number of hydrogen-bond donors (Lipinski definition) is 1. The Kier molecular flexibility index (Phi) is 6.05. The number of hydrogen-bond acceptors (Lipinski definition) is 5. The standard InChI is InChI=1S/C24H24N2O5S/c1-3-30-19-8-6-7-18(15-19)25-24(27)23-16-26(21-9-4-5-10-22(21)31-23)32(28,29)20-13-11-17(2)12-14-20/h4-15,23H,3,16H2,1-2H3,(H,25,27). The number of ether oxygens (including phenoxy) is 2. The van der Waals surface area contributed by atoms with Crippen LogP contribution in [0.15, 0.2) is 77.7 Å². The number of fused-ring (bicyclic) bond motifs is 1. The number of nitrogens with zero attached hydrogens (tertiary/aromatic N) is 1. The highest BCUT2D eigenvalue weighted by atomic mass is 32.2. The first-order valence-corrected chi connectivity index (χ1v) is 11.7. The molecule has 32 heavy (non-hydrogen) atoms. The van der Waals surface area contributed by atoms with Crippen LogP contribution >= 0.6 is 0 Å². The van der Waals surface area contributed by atoms with Crippen LogP contribution in [0, 0.1) is 6.92 Å². The zero-order chi connectivity index (χ0) is 22.7. The number of aryl methyl sites for hydroxylation is 1. The first-order chi connectivity index (χ1) is 15.4. The van der Waals surface area contributed by atoms with Crippen molar-refractivity contribution in [2.45, 2.75) is 24.8 Å². The van der Waals surface area contributed by atoms with E-state index in [1.807, 2.05) is 13.8 Å². The van der Waals surface area contributed by atoms with Crippen molar-refractivity contribution in [2.75, 3.05) is 22.8 Å². The molecule has 1 aliphatic rings. The van der Waals surface area contributed by atoms with Crippen molar-refractivity contribution in [1.29, 1.82) is 0 Å². The van der Waals surface area contributed by atoms with Gasteiger partial charge in [-0.3, -0.25) is 9.10 Å². The molecule has 166 valence electrons. The van der Waals surface area contributed by atoms with Crippen LogP contribution in [0.4, 0.5) is 11.4 Å². The van der Waals surface area contributed by atoms with Gasteiger partial charge in [0.1, 0.15) is 11.5 Å². The smallest absolute Gasteiger partial charge is 0.267 e. The van der Waals surface area contributed by atoms with E-state index in [9.17, 15) is 13.2 Å². The predicted molar refractivity (Wildman–Crippen MR) is 123 cm³/mol. The number of nitrogens with one attached hydrogen (secondary N) is 1. The lowest BCUT2D eigenvalue weighted by atomic mass is 10.2. The average molecular weight is 453 g/mol. The fourth-order valence-electron chi connectivity index (χ4n) is 3.46. The van der Waals surface area contributed by atoms with Gasteiger partial charge in [-0.25, -0.2) is 8.42 Å². The summed E-state index contributed by atoms with van der Waals surface area (Å²) in [5, 5.41) is 2.80. The molecule has 0 bridgehead atoms. The Morgan fingerprint density at radius 1 is 1.09 bits per heavy atom. The summed E-state index contributed by atoms with van der Waals surface area (Å²) in [5.74, 6) is 0.513. The third-order valence-electron chi connectivity index (χ3n) is 5.05. The van der Waals surface area contributed by atoms with E-state index in [0.717, 1.165) is 5.56 Å². The van der Waals surface area contributed by atoms with Crippen molar-refractivity contribution in [3.63, 3.8) is 0 Å². The van der Waals surface area contributed by atoms with Crippen molar-refractivity contribution in [3.8, 4) is 11.5 Å². The van der Waals surface area contributed by atoms with Gasteiger partial charge in [-0.1, -0.05) is 35.9 Å². The Hall–Kier alpha value is -3.52. The maximum atomic E-state index is 13.4. The first-order valence-electron chi connectivity index (χ1n) is 10.3. The summed E-state index contributed by atoms with van der Waals surface area (Å²) in [5.41, 5.74) is 1.89. The highest BCUT2D eigenvalue weighted by molar-refractivity contribution is 7.92. The normalized spacial score (nSPS) is 15.4. The number of sulfonamides is 1. The van der Waals surface area contributed by atoms with Gasteiger partial charge in [0.05, 0.1) is 23.7 Å². The molecule has 3 aromatic rings. The fraction of sp³-hybridized carbons (Fsp3) is 0.208. The van der Waals surface area contributed by atoms with Crippen molar-refractivity contribution in [2.24, 2.45) is 0 Å². The summed E-state index contributed by atoms with van der Waals surface area (Å²) >= 11 is 0. The Morgan fingerprint density at radius 3 is 2.59 bits per heavy atom. The van der Waals surface area contributed by atoms with Gasteiger partial charge in [0.15, 0.2) is 6.10 Å². The maximum absolute atomic E-state index is 13.4. The van der Waals surface area contributed by atoms with Crippen LogP contribution in [0.1, 0.15) is 12.5 Å². The van der Waals surface area contributed by atoms with E-state index in [1.165, 1.54) is 4.31 Å². The van der Waals surface area contributed by atoms with Crippen LogP contribution in [-0.2, 0) is 14.8 Å². The minimum Gasteiger partial charge on any atom is -0.494 e. The molecule has 4 rings (SSSR count). The van der Waals surface area contributed by atoms with Gasteiger partial charge in [-0.2, -0.15) is 0 Å². The number of amides is 1. The van der Waals surface area contributed by atoms with E-state index in [2.05, 4.69) is 5.32 Å². The second-order valence-electron chi connectivity index (χ2n) is 7.37. The number of benzene rings is 3. The number of rotatable bonds is 6. The molecule has 0 aromatic heterocycles. The molecule has 0 saturated carbocycles. The van der Waals surface area contributed by atoms with Crippen molar-refractivity contribution in [3.05, 3.63) is 78.4 Å². The molecule has 0 fully saturated rings. The Morgan fingerprint density at radius 2 is 1.84 bits per heavy atom. The predicted octanol–water partition coefficient (Wildman–Crippen LogP) is 3.99. The second kappa shape index (κ2) is 8.92. The molecule has 0 saturated heterocycles. The van der Waals surface area contributed by atoms with E-state index < -0.39 is 22.0 Å². The maximum Gasteiger partial charge on any atom is 0.267 e. The topological polar surface area (TPSA) is 84.9 Å². The first kappa shape index (κ1) is 21.7. The third kappa shape index (κ3) is 4.40. The summed E-state index contributed by atoms with van der Waals surface area (Å²) in [4.78, 5) is 13.2. The van der Waals surface area contributed by atoms with Gasteiger partial charge in [-0.05, 0) is 50.2 Å². The number of para-hydroxylation sites is 2. The lowest BCUT2D eigenvalue weighted by Gasteiger charge is -2.34. The Labute approximate surface area is 187 Å². The van der Waals surface area contributed by atoms with Crippen LogP contribution in [0.25, 0.3) is 0 Å². The summed E-state index contributed by atoms with van der Waals surface area (Å²) in [7, 11) is -3.89. The largest absolute Gasteiger partial charge is 0.494 e. The molecule has 3 aromatic carbocycles. The van der Waals surface area contributed by atoms with E-state index in [1.54, 1.807) is 72.8 Å². The van der Waals surface area contributed by atoms with Crippen LogP contribution in [-0.4, -0.2) is 33.6 Å². The molecule has 1 heterocycles. The molecule has 1 aliphatic heterocycles. The van der Waals surface area contributed by atoms with Gasteiger partial charge < -0.3 is 14.8 Å². The van der Waals surface area contributed by atoms with E-state index in [-0.39, 0.29) is 11.4 Å².